The van der Waals surface area contributed by atoms with E-state index < -0.39 is 12.0 Å². The van der Waals surface area contributed by atoms with Crippen molar-refractivity contribution in [1.29, 1.82) is 0 Å². The zero-order chi connectivity index (χ0) is 16.0. The van der Waals surface area contributed by atoms with Crippen LogP contribution in [0.1, 0.15) is 0 Å². The third-order valence-corrected chi connectivity index (χ3v) is 2.82. The molecular weight excluding hydrogens is 349 g/mol. The van der Waals surface area contributed by atoms with Crippen molar-refractivity contribution in [3.05, 3.63) is 52.8 Å². The summed E-state index contributed by atoms with van der Waals surface area (Å²) in [5.74, 6) is -1.90. The fraction of sp³-hybridized carbons (Fsp3) is 0.214. The van der Waals surface area contributed by atoms with Gasteiger partial charge in [0.25, 0.3) is 5.78 Å². The largest absolute Gasteiger partial charge is 0.454 e. The number of rotatable bonds is 5. The average Bonchev–Trinajstić information content (AvgIpc) is 2.37. The molecule has 0 aliphatic carbocycles. The highest BCUT2D eigenvalue weighted by Gasteiger charge is 2.36. The normalized spacial score (nSPS) is 13.0. The second-order valence-corrected chi connectivity index (χ2v) is 5.42. The molecule has 21 heavy (non-hydrogen) atoms. The molecule has 0 amide bonds. The third kappa shape index (κ3) is 6.59. The number of allylic oxidation sites excluding steroid dienone is 2. The molecule has 1 rings (SSSR count). The number of carbonyl (C=O) groups is 1. The number of quaternary nitrogens is 1. The van der Waals surface area contributed by atoms with Gasteiger partial charge in [-0.2, -0.15) is 13.2 Å². The lowest BCUT2D eigenvalue weighted by Crippen LogP contribution is -3.00. The summed E-state index contributed by atoms with van der Waals surface area (Å²) in [4.78, 5) is 12.0. The minimum Gasteiger partial charge on any atom is -0.355 e. The van der Waals surface area contributed by atoms with E-state index in [1.807, 2.05) is 0 Å². The van der Waals surface area contributed by atoms with Crippen LogP contribution in [-0.2, 0) is 4.79 Å². The van der Waals surface area contributed by atoms with Crippen molar-refractivity contribution < 1.29 is 22.9 Å². The Balaban J connectivity index is 3.00. The maximum Gasteiger partial charge on any atom is 0.454 e. The van der Waals surface area contributed by atoms with Gasteiger partial charge in [0.15, 0.2) is 0 Å². The summed E-state index contributed by atoms with van der Waals surface area (Å²) in [7, 11) is 3.61. The van der Waals surface area contributed by atoms with Crippen molar-refractivity contribution in [3.8, 4) is 0 Å². The molecule has 3 nitrogen and oxygen atoms in total. The molecule has 0 atom stereocenters. The number of anilines is 1. The molecule has 0 heterocycles. The molecule has 0 saturated heterocycles. The van der Waals surface area contributed by atoms with Gasteiger partial charge in [0.1, 0.15) is 0 Å². The Hall–Kier alpha value is -1.60. The van der Waals surface area contributed by atoms with Crippen LogP contribution >= 0.6 is 15.9 Å². The summed E-state index contributed by atoms with van der Waals surface area (Å²) in [6.07, 6.45) is -1.28. The first-order valence-corrected chi connectivity index (χ1v) is 6.81. The van der Waals surface area contributed by atoms with E-state index in [-0.39, 0.29) is 5.70 Å². The lowest BCUT2D eigenvalue weighted by molar-refractivity contribution is -0.801. The van der Waals surface area contributed by atoms with Gasteiger partial charge in [-0.05, 0) is 24.3 Å². The molecule has 0 fully saturated rings. The van der Waals surface area contributed by atoms with E-state index in [0.29, 0.717) is 11.8 Å². The van der Waals surface area contributed by atoms with Crippen LogP contribution in [0.25, 0.3) is 0 Å². The summed E-state index contributed by atoms with van der Waals surface area (Å²) in [5.41, 5.74) is 0.652. The second kappa shape index (κ2) is 7.42. The Labute approximate surface area is 129 Å². The zero-order valence-electron chi connectivity index (χ0n) is 11.5. The van der Waals surface area contributed by atoms with Crippen LogP contribution in [0.5, 0.6) is 0 Å². The molecule has 0 bridgehead atoms. The van der Waals surface area contributed by atoms with Gasteiger partial charge in [-0.25, -0.2) is 0 Å². The van der Waals surface area contributed by atoms with Crippen LogP contribution in [0.3, 0.4) is 0 Å². The van der Waals surface area contributed by atoms with Gasteiger partial charge in [0, 0.05) is 28.0 Å². The first-order chi connectivity index (χ1) is 9.68. The molecule has 0 unspecified atom stereocenters. The Morgan fingerprint density at radius 2 is 1.81 bits per heavy atom. The van der Waals surface area contributed by atoms with Gasteiger partial charge in [-0.1, -0.05) is 15.9 Å². The molecular formula is C14H15BrF3N2O+. The Morgan fingerprint density at radius 1 is 1.24 bits per heavy atom. The van der Waals surface area contributed by atoms with Crippen molar-refractivity contribution >= 4 is 27.4 Å². The summed E-state index contributed by atoms with van der Waals surface area (Å²) >= 11 is 3.27. The third-order valence-electron chi connectivity index (χ3n) is 2.30. The molecule has 7 heteroatoms. The van der Waals surface area contributed by atoms with Crippen LogP contribution in [0, 0.1) is 0 Å². The quantitative estimate of drug-likeness (QED) is 0.622. The van der Waals surface area contributed by atoms with E-state index in [9.17, 15) is 18.0 Å². The van der Waals surface area contributed by atoms with Crippen molar-refractivity contribution in [3.63, 3.8) is 0 Å². The van der Waals surface area contributed by atoms with Crippen LogP contribution in [0.15, 0.2) is 52.8 Å². The van der Waals surface area contributed by atoms with Crippen LogP contribution in [-0.4, -0.2) is 26.1 Å². The first kappa shape index (κ1) is 17.5. The maximum atomic E-state index is 12.3. The summed E-state index contributed by atoms with van der Waals surface area (Å²) in [5, 5.41) is 2.78. The van der Waals surface area contributed by atoms with Gasteiger partial charge in [-0.15, -0.1) is 0 Å². The number of ketones is 1. The van der Waals surface area contributed by atoms with E-state index >= 15 is 0 Å². The molecule has 1 aromatic carbocycles. The standard InChI is InChI=1S/C14H14BrF3N2O/c1-20(2)8-7-12(9-13(21)14(16,17)18)19-11-5-3-10(15)4-6-11/h3-9,19H,1-2H3/p+1/b8-7+,12-9?. The average molecular weight is 364 g/mol. The SMILES string of the molecule is C[NH+](C)/C=C/C(=CC(=O)C(F)(F)F)Nc1ccc(Br)cc1. The predicted octanol–water partition coefficient (Wildman–Crippen LogP) is 2.53. The molecule has 2 N–H and O–H groups in total. The van der Waals surface area contributed by atoms with Crippen molar-refractivity contribution in [2.24, 2.45) is 0 Å². The van der Waals surface area contributed by atoms with Gasteiger partial charge in [0.05, 0.1) is 20.3 Å². The number of alkyl halides is 3. The Bertz CT molecular complexity index is 548. The van der Waals surface area contributed by atoms with Gasteiger partial charge < -0.3 is 10.2 Å². The second-order valence-electron chi connectivity index (χ2n) is 4.50. The lowest BCUT2D eigenvalue weighted by Gasteiger charge is -2.09. The Kier molecular flexibility index (Phi) is 6.17. The fourth-order valence-electron chi connectivity index (χ4n) is 1.31. The van der Waals surface area contributed by atoms with E-state index in [4.69, 9.17) is 0 Å². The number of carbonyl (C=O) groups excluding carboxylic acids is 1. The molecule has 114 valence electrons. The highest BCUT2D eigenvalue weighted by molar-refractivity contribution is 9.10. The molecule has 1 aromatic rings. The van der Waals surface area contributed by atoms with Crippen molar-refractivity contribution in [1.82, 2.24) is 0 Å². The van der Waals surface area contributed by atoms with Crippen molar-refractivity contribution in [2.45, 2.75) is 6.18 Å². The van der Waals surface area contributed by atoms with E-state index in [1.54, 1.807) is 44.6 Å². The van der Waals surface area contributed by atoms with Gasteiger partial charge >= 0.3 is 6.18 Å². The number of halogens is 4. The molecule has 0 aliphatic heterocycles. The van der Waals surface area contributed by atoms with Gasteiger partial charge in [0.2, 0.25) is 0 Å². The number of nitrogens with one attached hydrogen (secondary N) is 2. The van der Waals surface area contributed by atoms with E-state index in [1.165, 1.54) is 6.08 Å². The fourth-order valence-corrected chi connectivity index (χ4v) is 1.57. The Morgan fingerprint density at radius 3 is 2.29 bits per heavy atom. The minimum absolute atomic E-state index is 0.0702. The summed E-state index contributed by atoms with van der Waals surface area (Å²) in [6, 6.07) is 6.86. The maximum absolute atomic E-state index is 12.3. The molecule has 0 aromatic heterocycles. The number of hydrogen-bond donors (Lipinski definition) is 2. The van der Waals surface area contributed by atoms with E-state index in [0.717, 1.165) is 9.37 Å². The molecule has 0 aliphatic rings. The molecule has 0 spiro atoms. The predicted molar refractivity (Wildman–Crippen MR) is 78.9 cm³/mol. The van der Waals surface area contributed by atoms with Crippen LogP contribution in [0.2, 0.25) is 0 Å². The van der Waals surface area contributed by atoms with Gasteiger partial charge in [-0.3, -0.25) is 4.79 Å². The van der Waals surface area contributed by atoms with Crippen LogP contribution in [0.4, 0.5) is 18.9 Å². The molecule has 0 saturated carbocycles. The number of benzene rings is 1. The summed E-state index contributed by atoms with van der Waals surface area (Å²) in [6.45, 7) is 0. The zero-order valence-corrected chi connectivity index (χ0v) is 13.0. The topological polar surface area (TPSA) is 33.5 Å². The minimum atomic E-state index is -4.88. The highest BCUT2D eigenvalue weighted by Crippen LogP contribution is 2.19. The number of hydrogen-bond acceptors (Lipinski definition) is 2. The molecule has 0 radical (unpaired) electrons. The first-order valence-electron chi connectivity index (χ1n) is 6.02. The smallest absolute Gasteiger partial charge is 0.355 e. The summed E-state index contributed by atoms with van der Waals surface area (Å²) < 4.78 is 37.9. The monoisotopic (exact) mass is 363 g/mol. The van der Waals surface area contributed by atoms with Crippen molar-refractivity contribution in [2.75, 3.05) is 19.4 Å². The van der Waals surface area contributed by atoms with E-state index in [2.05, 4.69) is 21.2 Å². The van der Waals surface area contributed by atoms with Crippen LogP contribution < -0.4 is 10.2 Å². The highest BCUT2D eigenvalue weighted by atomic mass is 79.9. The lowest BCUT2D eigenvalue weighted by atomic mass is 10.2.